The van der Waals surface area contributed by atoms with Crippen LogP contribution in [0.5, 0.6) is 0 Å². The number of anilines is 1. The molecule has 1 aliphatic carbocycles. The minimum atomic E-state index is -3.50. The smallest absolute Gasteiger partial charge is 0.244 e. The third-order valence-electron chi connectivity index (χ3n) is 6.41. The first-order chi connectivity index (χ1) is 14.1. The van der Waals surface area contributed by atoms with Crippen LogP contribution in [0.4, 0.5) is 5.82 Å². The summed E-state index contributed by atoms with van der Waals surface area (Å²) in [6, 6.07) is 3.44. The third kappa shape index (κ3) is 4.74. The molecule has 0 bridgehead atoms. The number of nitrogens with one attached hydrogen (secondary N) is 1. The van der Waals surface area contributed by atoms with Crippen molar-refractivity contribution in [2.45, 2.75) is 42.5 Å². The van der Waals surface area contributed by atoms with Crippen LogP contribution in [0.25, 0.3) is 0 Å². The molecule has 4 rings (SSSR count). The Bertz CT molecular complexity index is 753. The number of hydrogen-bond donors (Lipinski definition) is 1. The molecule has 9 heteroatoms. The molecule has 8 nitrogen and oxygen atoms in total. The van der Waals surface area contributed by atoms with Gasteiger partial charge in [-0.3, -0.25) is 4.90 Å². The molecule has 3 aliphatic rings. The van der Waals surface area contributed by atoms with Gasteiger partial charge in [0.2, 0.25) is 10.0 Å². The zero-order valence-corrected chi connectivity index (χ0v) is 17.8. The van der Waals surface area contributed by atoms with Gasteiger partial charge in [-0.2, -0.15) is 4.31 Å². The normalized spacial score (nSPS) is 24.3. The van der Waals surface area contributed by atoms with Crippen molar-refractivity contribution in [2.75, 3.05) is 64.5 Å². The average molecular weight is 425 g/mol. The molecule has 0 radical (unpaired) electrons. The molecule has 1 N–H and O–H groups in total. The fourth-order valence-electron chi connectivity index (χ4n) is 4.68. The van der Waals surface area contributed by atoms with Gasteiger partial charge in [-0.1, -0.05) is 19.3 Å². The van der Waals surface area contributed by atoms with Crippen molar-refractivity contribution in [3.05, 3.63) is 18.3 Å². The highest BCUT2D eigenvalue weighted by Gasteiger charge is 2.38. The molecule has 29 heavy (non-hydrogen) atoms. The predicted molar refractivity (Wildman–Crippen MR) is 111 cm³/mol. The highest BCUT2D eigenvalue weighted by Crippen LogP contribution is 2.34. The van der Waals surface area contributed by atoms with Gasteiger partial charge in [0.05, 0.1) is 26.4 Å². The van der Waals surface area contributed by atoms with Crippen molar-refractivity contribution < 1.29 is 17.9 Å². The van der Waals surface area contributed by atoms with Crippen LogP contribution >= 0.6 is 0 Å². The molecular weight excluding hydrogens is 392 g/mol. The quantitative estimate of drug-likeness (QED) is 0.742. The second-order valence-electron chi connectivity index (χ2n) is 8.13. The average Bonchev–Trinajstić information content (AvgIpc) is 2.80. The van der Waals surface area contributed by atoms with Gasteiger partial charge in [0.1, 0.15) is 10.7 Å². The summed E-state index contributed by atoms with van der Waals surface area (Å²) in [7, 11) is -3.50. The van der Waals surface area contributed by atoms with Gasteiger partial charge in [-0.25, -0.2) is 13.4 Å². The standard InChI is InChI=1S/C20H32N4O4S/c25-29(26,24-10-14-28-15-11-24)18-4-5-19(21-16-18)22-17-20(6-2-1-3-7-20)23-8-12-27-13-9-23/h4-5,16H,1-3,6-15,17H2,(H,21,22). The third-order valence-corrected chi connectivity index (χ3v) is 8.29. The van der Waals surface area contributed by atoms with Crippen molar-refractivity contribution in [1.29, 1.82) is 0 Å². The number of morpholine rings is 2. The molecule has 162 valence electrons. The fraction of sp³-hybridized carbons (Fsp3) is 0.750. The van der Waals surface area contributed by atoms with E-state index in [9.17, 15) is 8.42 Å². The Labute approximate surface area is 173 Å². The van der Waals surface area contributed by atoms with Gasteiger partial charge in [0, 0.05) is 44.5 Å². The highest BCUT2D eigenvalue weighted by atomic mass is 32.2. The number of ether oxygens (including phenoxy) is 2. The minimum Gasteiger partial charge on any atom is -0.379 e. The highest BCUT2D eigenvalue weighted by molar-refractivity contribution is 7.89. The van der Waals surface area contributed by atoms with E-state index in [2.05, 4.69) is 15.2 Å². The Morgan fingerprint density at radius 3 is 2.24 bits per heavy atom. The summed E-state index contributed by atoms with van der Waals surface area (Å²) in [4.78, 5) is 7.23. The van der Waals surface area contributed by atoms with Crippen LogP contribution in [0.1, 0.15) is 32.1 Å². The molecule has 0 aromatic carbocycles. The van der Waals surface area contributed by atoms with Crippen LogP contribution in [-0.2, 0) is 19.5 Å². The molecule has 3 fully saturated rings. The first-order valence-corrected chi connectivity index (χ1v) is 12.1. The minimum absolute atomic E-state index is 0.141. The summed E-state index contributed by atoms with van der Waals surface area (Å²) in [5.41, 5.74) is 0.141. The Balaban J connectivity index is 1.42. The summed E-state index contributed by atoms with van der Waals surface area (Å²) < 4.78 is 37.8. The van der Waals surface area contributed by atoms with Gasteiger partial charge in [0.15, 0.2) is 0 Å². The SMILES string of the molecule is O=S(=O)(c1ccc(NCC2(N3CCOCC3)CCCCC2)nc1)N1CCOCC1. The van der Waals surface area contributed by atoms with E-state index in [-0.39, 0.29) is 10.4 Å². The maximum Gasteiger partial charge on any atom is 0.244 e. The molecule has 1 aromatic heterocycles. The zero-order valence-electron chi connectivity index (χ0n) is 17.0. The van der Waals surface area contributed by atoms with Gasteiger partial charge < -0.3 is 14.8 Å². The lowest BCUT2D eigenvalue weighted by molar-refractivity contribution is -0.0318. The Morgan fingerprint density at radius 1 is 0.966 bits per heavy atom. The van der Waals surface area contributed by atoms with Crippen LogP contribution in [0.15, 0.2) is 23.2 Å². The van der Waals surface area contributed by atoms with E-state index in [1.165, 1.54) is 42.6 Å². The molecule has 0 amide bonds. The first kappa shape index (κ1) is 21.0. The van der Waals surface area contributed by atoms with Crippen molar-refractivity contribution >= 4 is 15.8 Å². The van der Waals surface area contributed by atoms with Gasteiger partial charge >= 0.3 is 0 Å². The molecule has 0 spiro atoms. The van der Waals surface area contributed by atoms with E-state index < -0.39 is 10.0 Å². The molecule has 1 saturated carbocycles. The van der Waals surface area contributed by atoms with Gasteiger partial charge in [0.25, 0.3) is 0 Å². The Morgan fingerprint density at radius 2 is 1.62 bits per heavy atom. The van der Waals surface area contributed by atoms with E-state index in [1.807, 2.05) is 0 Å². The van der Waals surface area contributed by atoms with E-state index in [1.54, 1.807) is 12.1 Å². The van der Waals surface area contributed by atoms with Crippen LogP contribution in [-0.4, -0.2) is 87.3 Å². The van der Waals surface area contributed by atoms with E-state index in [0.717, 1.165) is 38.7 Å². The van der Waals surface area contributed by atoms with Gasteiger partial charge in [-0.05, 0) is 25.0 Å². The number of rotatable bonds is 6. The Hall–Kier alpha value is -1.26. The Kier molecular flexibility index (Phi) is 6.70. The number of sulfonamides is 1. The largest absolute Gasteiger partial charge is 0.379 e. The van der Waals surface area contributed by atoms with Crippen LogP contribution in [0.3, 0.4) is 0 Å². The lowest BCUT2D eigenvalue weighted by Gasteiger charge is -2.48. The van der Waals surface area contributed by atoms with Crippen LogP contribution < -0.4 is 5.32 Å². The van der Waals surface area contributed by atoms with Crippen molar-refractivity contribution in [3.8, 4) is 0 Å². The predicted octanol–water partition coefficient (Wildman–Crippen LogP) is 1.55. The molecule has 2 saturated heterocycles. The second-order valence-corrected chi connectivity index (χ2v) is 10.1. The number of pyridine rings is 1. The summed E-state index contributed by atoms with van der Waals surface area (Å²) in [6.45, 7) is 6.05. The number of nitrogens with zero attached hydrogens (tertiary/aromatic N) is 3. The maximum atomic E-state index is 12.8. The molecule has 0 unspecified atom stereocenters. The molecular formula is C20H32N4O4S. The molecule has 1 aromatic rings. The summed E-state index contributed by atoms with van der Waals surface area (Å²) in [6.07, 6.45) is 7.65. The van der Waals surface area contributed by atoms with Crippen molar-refractivity contribution in [3.63, 3.8) is 0 Å². The second kappa shape index (κ2) is 9.26. The van der Waals surface area contributed by atoms with E-state index in [4.69, 9.17) is 9.47 Å². The van der Waals surface area contributed by atoms with E-state index in [0.29, 0.717) is 26.3 Å². The lowest BCUT2D eigenvalue weighted by atomic mass is 9.79. The van der Waals surface area contributed by atoms with E-state index >= 15 is 0 Å². The van der Waals surface area contributed by atoms with Gasteiger partial charge in [-0.15, -0.1) is 0 Å². The lowest BCUT2D eigenvalue weighted by Crippen LogP contribution is -2.58. The molecule has 0 atom stereocenters. The van der Waals surface area contributed by atoms with Crippen LogP contribution in [0, 0.1) is 0 Å². The number of hydrogen-bond acceptors (Lipinski definition) is 7. The fourth-order valence-corrected chi connectivity index (χ4v) is 6.03. The zero-order chi connectivity index (χ0) is 20.2. The summed E-state index contributed by atoms with van der Waals surface area (Å²) in [5.74, 6) is 0.726. The van der Waals surface area contributed by atoms with Crippen LogP contribution in [0.2, 0.25) is 0 Å². The maximum absolute atomic E-state index is 12.8. The first-order valence-electron chi connectivity index (χ1n) is 10.7. The van der Waals surface area contributed by atoms with Crippen molar-refractivity contribution in [2.24, 2.45) is 0 Å². The summed E-state index contributed by atoms with van der Waals surface area (Å²) >= 11 is 0. The molecule has 2 aliphatic heterocycles. The van der Waals surface area contributed by atoms with Crippen molar-refractivity contribution in [1.82, 2.24) is 14.2 Å². The monoisotopic (exact) mass is 424 g/mol. The number of aromatic nitrogens is 1. The topological polar surface area (TPSA) is 84.0 Å². The molecule has 3 heterocycles. The summed E-state index contributed by atoms with van der Waals surface area (Å²) in [5, 5.41) is 3.49.